The van der Waals surface area contributed by atoms with Gasteiger partial charge in [-0.05, 0) is 36.5 Å². The van der Waals surface area contributed by atoms with E-state index in [0.29, 0.717) is 72.4 Å². The average molecular weight is 639 g/mol. The highest BCUT2D eigenvalue weighted by Crippen LogP contribution is 2.49. The molecule has 0 aromatic heterocycles. The number of nitrogens with zero attached hydrogens (tertiary/aromatic N) is 3. The van der Waals surface area contributed by atoms with Gasteiger partial charge in [0.2, 0.25) is 0 Å². The Balaban J connectivity index is 6.11. The smallest absolute Gasteiger partial charge is 0.475 e. The molecule has 0 saturated carbocycles. The topological polar surface area (TPSA) is 105 Å². The molecule has 0 atom stereocenters. The van der Waals surface area contributed by atoms with Gasteiger partial charge in [-0.3, -0.25) is 13.6 Å². The van der Waals surface area contributed by atoms with E-state index in [0.717, 1.165) is 0 Å². The predicted molar refractivity (Wildman–Crippen MR) is 181 cm³/mol. The van der Waals surface area contributed by atoms with Crippen LogP contribution < -0.4 is 0 Å². The molecule has 0 aromatic carbocycles. The highest BCUT2D eigenvalue weighted by molar-refractivity contribution is 7.48. The molecule has 0 unspecified atom stereocenters. The average Bonchev–Trinajstić information content (AvgIpc) is 2.88. The molecular weight excluding hydrogens is 581 g/mol. The standard InChI is InChI=1S/C33H54N3O7P/c1-10-16-34(17-11-2,28-31(7)37)22-25-41-44(40,42-26-23-35(18-12-3,19-13-4)29-32(8)38)43-27-24-36(20-14-5,21-15-6)30-33(9)39/h10-15H,1-9,16-30H2/p+3. The summed E-state index contributed by atoms with van der Waals surface area (Å²) >= 11 is 0. The molecule has 0 fully saturated rings. The molecule has 0 aliphatic heterocycles. The summed E-state index contributed by atoms with van der Waals surface area (Å²) in [6, 6.07) is 0. The summed E-state index contributed by atoms with van der Waals surface area (Å²) in [4.78, 5) is 0. The fourth-order valence-corrected chi connectivity index (χ4v) is 6.49. The Kier molecular flexibility index (Phi) is 19.5. The van der Waals surface area contributed by atoms with Crippen molar-refractivity contribution in [2.75, 3.05) is 98.4 Å². The van der Waals surface area contributed by atoms with Gasteiger partial charge < -0.3 is 28.8 Å². The SMILES string of the molecule is C=CC[N+](CC=C)(CCOP(=O)(OCC[N+](CC=C)(CC=C)CC(=C)O)OCC[N+](CC=C)(CC=C)CC(=C)O)CC(=C)O. The third-order valence-electron chi connectivity index (χ3n) is 7.10. The van der Waals surface area contributed by atoms with Crippen LogP contribution in [0.4, 0.5) is 0 Å². The minimum atomic E-state index is -4.13. The maximum absolute atomic E-state index is 14.1. The van der Waals surface area contributed by atoms with Crippen LogP contribution in [0.3, 0.4) is 0 Å². The zero-order chi connectivity index (χ0) is 33.7. The van der Waals surface area contributed by atoms with Gasteiger partial charge in [0, 0.05) is 0 Å². The molecular formula is C33H57N3O7P+3. The Morgan fingerprint density at radius 3 is 0.864 bits per heavy atom. The van der Waals surface area contributed by atoms with Gasteiger partial charge in [0.15, 0.2) is 0 Å². The Bertz CT molecular complexity index is 898. The van der Waals surface area contributed by atoms with Gasteiger partial charge in [-0.1, -0.05) is 59.2 Å². The minimum absolute atomic E-state index is 0.00239. The lowest BCUT2D eigenvalue weighted by molar-refractivity contribution is -0.914. The molecule has 248 valence electrons. The molecule has 11 heteroatoms. The summed E-state index contributed by atoms with van der Waals surface area (Å²) < 4.78 is 32.6. The molecule has 0 aliphatic carbocycles. The maximum Gasteiger partial charge on any atom is 0.475 e. The van der Waals surface area contributed by atoms with Crippen molar-refractivity contribution in [1.29, 1.82) is 0 Å². The van der Waals surface area contributed by atoms with E-state index in [9.17, 15) is 19.9 Å². The molecule has 0 heterocycles. The zero-order valence-corrected chi connectivity index (χ0v) is 27.6. The van der Waals surface area contributed by atoms with E-state index in [1.54, 1.807) is 36.5 Å². The van der Waals surface area contributed by atoms with Gasteiger partial charge in [-0.15, -0.1) is 0 Å². The molecule has 0 aliphatic rings. The summed E-state index contributed by atoms with van der Waals surface area (Å²) in [6.45, 7) is 38.5. The highest BCUT2D eigenvalue weighted by atomic mass is 31.2. The number of phosphoric ester groups is 1. The largest absolute Gasteiger partial charge is 0.507 e. The van der Waals surface area contributed by atoms with Gasteiger partial charge in [0.25, 0.3) is 0 Å². The van der Waals surface area contributed by atoms with E-state index in [-0.39, 0.29) is 56.7 Å². The van der Waals surface area contributed by atoms with Crippen LogP contribution in [0, 0.1) is 0 Å². The van der Waals surface area contributed by atoms with Crippen molar-refractivity contribution < 1.29 is 46.9 Å². The Morgan fingerprint density at radius 2 is 0.705 bits per heavy atom. The van der Waals surface area contributed by atoms with Crippen LogP contribution in [-0.2, 0) is 18.1 Å². The van der Waals surface area contributed by atoms with Crippen LogP contribution >= 0.6 is 7.82 Å². The third-order valence-corrected chi connectivity index (χ3v) is 8.59. The second-order valence-corrected chi connectivity index (χ2v) is 12.8. The summed E-state index contributed by atoms with van der Waals surface area (Å²) in [5.74, 6) is -0.00718. The van der Waals surface area contributed by atoms with Gasteiger partial charge in [-0.2, -0.15) is 0 Å². The second kappa shape index (κ2) is 20.9. The molecule has 0 aromatic rings. The fourth-order valence-electron chi connectivity index (χ4n) is 5.35. The Labute approximate surface area is 265 Å². The first-order chi connectivity index (χ1) is 20.7. The van der Waals surface area contributed by atoms with Crippen molar-refractivity contribution in [2.24, 2.45) is 0 Å². The van der Waals surface area contributed by atoms with Crippen LogP contribution in [0.5, 0.6) is 0 Å². The first kappa shape index (κ1) is 41.0. The Hall–Kier alpha value is -2.95. The lowest BCUT2D eigenvalue weighted by atomic mass is 10.3. The molecule has 0 spiro atoms. The number of aliphatic hydroxyl groups excluding tert-OH is 3. The molecule has 0 rings (SSSR count). The summed E-state index contributed by atoms with van der Waals surface area (Å²) in [7, 11) is -4.13. The highest BCUT2D eigenvalue weighted by Gasteiger charge is 2.35. The zero-order valence-electron chi connectivity index (χ0n) is 26.7. The Morgan fingerprint density at radius 1 is 0.500 bits per heavy atom. The van der Waals surface area contributed by atoms with E-state index < -0.39 is 7.82 Å². The van der Waals surface area contributed by atoms with Crippen LogP contribution in [0.1, 0.15) is 0 Å². The molecule has 0 radical (unpaired) electrons. The van der Waals surface area contributed by atoms with Crippen LogP contribution in [0.25, 0.3) is 0 Å². The molecule has 0 amide bonds. The third kappa shape index (κ3) is 15.7. The lowest BCUT2D eigenvalue weighted by Gasteiger charge is -2.38. The number of quaternary nitrogens is 3. The normalized spacial score (nSPS) is 12.2. The summed E-state index contributed by atoms with van der Waals surface area (Å²) in [5.41, 5.74) is 0. The number of hydrogen-bond donors (Lipinski definition) is 3. The number of aliphatic hydroxyl groups is 3. The lowest BCUT2D eigenvalue weighted by Crippen LogP contribution is -2.52. The van der Waals surface area contributed by atoms with E-state index in [1.165, 1.54) is 0 Å². The minimum Gasteiger partial charge on any atom is -0.507 e. The second-order valence-electron chi connectivity index (χ2n) is 11.1. The summed E-state index contributed by atoms with van der Waals surface area (Å²) in [6.07, 6.45) is 10.4. The molecule has 0 saturated heterocycles. The van der Waals surface area contributed by atoms with E-state index in [2.05, 4.69) is 59.2 Å². The van der Waals surface area contributed by atoms with Crippen LogP contribution in [0.2, 0.25) is 0 Å². The molecule has 3 N–H and O–H groups in total. The van der Waals surface area contributed by atoms with Crippen molar-refractivity contribution in [3.05, 3.63) is 113 Å². The van der Waals surface area contributed by atoms with Gasteiger partial charge in [-0.25, -0.2) is 4.57 Å². The van der Waals surface area contributed by atoms with Crippen molar-refractivity contribution in [3.63, 3.8) is 0 Å². The van der Waals surface area contributed by atoms with E-state index >= 15 is 0 Å². The molecule has 0 bridgehead atoms. The van der Waals surface area contributed by atoms with Gasteiger partial charge in [0.1, 0.15) is 76.4 Å². The van der Waals surface area contributed by atoms with E-state index in [1.807, 2.05) is 0 Å². The van der Waals surface area contributed by atoms with Gasteiger partial charge >= 0.3 is 7.82 Å². The first-order valence-corrected chi connectivity index (χ1v) is 16.0. The monoisotopic (exact) mass is 638 g/mol. The number of hydrogen-bond acceptors (Lipinski definition) is 7. The van der Waals surface area contributed by atoms with Crippen molar-refractivity contribution in [1.82, 2.24) is 0 Å². The van der Waals surface area contributed by atoms with Crippen molar-refractivity contribution >= 4 is 7.82 Å². The van der Waals surface area contributed by atoms with Gasteiger partial charge in [0.05, 0.1) is 39.3 Å². The molecule has 10 nitrogen and oxygen atoms in total. The van der Waals surface area contributed by atoms with Crippen LogP contribution in [0.15, 0.2) is 113 Å². The number of phosphoric acid groups is 1. The van der Waals surface area contributed by atoms with E-state index in [4.69, 9.17) is 13.6 Å². The molecule has 44 heavy (non-hydrogen) atoms. The van der Waals surface area contributed by atoms with Crippen LogP contribution in [-0.4, -0.2) is 127 Å². The van der Waals surface area contributed by atoms with Crippen molar-refractivity contribution in [2.45, 2.75) is 0 Å². The fraction of sp³-hybridized carbons (Fsp3) is 0.455. The number of rotatable bonds is 30. The summed E-state index contributed by atoms with van der Waals surface area (Å²) in [5, 5.41) is 29.9. The maximum atomic E-state index is 14.1. The first-order valence-electron chi connectivity index (χ1n) is 14.6. The quantitative estimate of drug-likeness (QED) is 0.0388. The predicted octanol–water partition coefficient (Wildman–Crippen LogP) is 5.93. The van der Waals surface area contributed by atoms with Crippen molar-refractivity contribution in [3.8, 4) is 0 Å².